The summed E-state index contributed by atoms with van der Waals surface area (Å²) in [6.07, 6.45) is 2.48. The van der Waals surface area contributed by atoms with Gasteiger partial charge in [-0.15, -0.1) is 0 Å². The van der Waals surface area contributed by atoms with Gasteiger partial charge in [0.25, 0.3) is 0 Å². The number of rotatable bonds is 3. The zero-order valence-corrected chi connectivity index (χ0v) is 12.4. The van der Waals surface area contributed by atoms with E-state index < -0.39 is 0 Å². The molecule has 1 fully saturated rings. The fourth-order valence-corrected chi connectivity index (χ4v) is 3.10. The van der Waals surface area contributed by atoms with E-state index in [2.05, 4.69) is 23.2 Å². The molecular formula is C14H20Cl2N2. The molecule has 0 aliphatic carbocycles. The van der Waals surface area contributed by atoms with Crippen LogP contribution in [0.4, 0.5) is 0 Å². The summed E-state index contributed by atoms with van der Waals surface area (Å²) in [5.41, 5.74) is 1.13. The van der Waals surface area contributed by atoms with Crippen LogP contribution in [0.15, 0.2) is 18.2 Å². The van der Waals surface area contributed by atoms with Gasteiger partial charge in [-0.05, 0) is 45.0 Å². The van der Waals surface area contributed by atoms with Crippen molar-refractivity contribution >= 4 is 23.2 Å². The molecule has 1 aliphatic rings. The molecule has 1 heterocycles. The van der Waals surface area contributed by atoms with Gasteiger partial charge in [-0.1, -0.05) is 35.3 Å². The monoisotopic (exact) mass is 286 g/mol. The smallest absolute Gasteiger partial charge is 0.0640 e. The van der Waals surface area contributed by atoms with Crippen LogP contribution >= 0.6 is 23.2 Å². The molecule has 1 aromatic carbocycles. The molecule has 1 N–H and O–H groups in total. The highest BCUT2D eigenvalue weighted by molar-refractivity contribution is 6.42. The summed E-state index contributed by atoms with van der Waals surface area (Å²) >= 11 is 12.4. The summed E-state index contributed by atoms with van der Waals surface area (Å²) in [4.78, 5) is 2.47. The predicted molar refractivity (Wildman–Crippen MR) is 78.5 cm³/mol. The second-order valence-electron chi connectivity index (χ2n) is 4.94. The lowest BCUT2D eigenvalue weighted by Crippen LogP contribution is -2.45. The second kappa shape index (κ2) is 6.25. The third-order valence-electron chi connectivity index (χ3n) is 3.84. The van der Waals surface area contributed by atoms with Crippen molar-refractivity contribution < 1.29 is 0 Å². The molecule has 0 amide bonds. The van der Waals surface area contributed by atoms with Crippen molar-refractivity contribution in [3.63, 3.8) is 0 Å². The number of nitrogens with one attached hydrogen (secondary N) is 1. The average molecular weight is 287 g/mol. The van der Waals surface area contributed by atoms with E-state index in [1.165, 1.54) is 12.8 Å². The maximum atomic E-state index is 6.30. The van der Waals surface area contributed by atoms with Crippen LogP contribution in [0.1, 0.15) is 31.4 Å². The molecule has 2 rings (SSSR count). The summed E-state index contributed by atoms with van der Waals surface area (Å²) < 4.78 is 0. The Morgan fingerprint density at radius 2 is 2.17 bits per heavy atom. The van der Waals surface area contributed by atoms with Gasteiger partial charge < -0.3 is 5.32 Å². The average Bonchev–Trinajstić information content (AvgIpc) is 2.41. The van der Waals surface area contributed by atoms with Crippen LogP contribution < -0.4 is 5.32 Å². The largest absolute Gasteiger partial charge is 0.316 e. The van der Waals surface area contributed by atoms with Crippen molar-refractivity contribution in [2.75, 3.05) is 20.1 Å². The fourth-order valence-electron chi connectivity index (χ4n) is 2.63. The zero-order chi connectivity index (χ0) is 13.1. The minimum absolute atomic E-state index is 0.312. The molecule has 0 saturated carbocycles. The van der Waals surface area contributed by atoms with Crippen LogP contribution in [0.3, 0.4) is 0 Å². The van der Waals surface area contributed by atoms with Gasteiger partial charge in [0.05, 0.1) is 10.0 Å². The third kappa shape index (κ3) is 3.00. The molecule has 1 aliphatic heterocycles. The van der Waals surface area contributed by atoms with Crippen molar-refractivity contribution in [3.8, 4) is 0 Å². The van der Waals surface area contributed by atoms with Crippen LogP contribution in [0.25, 0.3) is 0 Å². The molecule has 0 radical (unpaired) electrons. The molecule has 2 atom stereocenters. The van der Waals surface area contributed by atoms with Gasteiger partial charge in [0.1, 0.15) is 0 Å². The lowest BCUT2D eigenvalue weighted by Gasteiger charge is -2.37. The predicted octanol–water partition coefficient (Wildman–Crippen LogP) is 3.74. The van der Waals surface area contributed by atoms with E-state index in [4.69, 9.17) is 23.2 Å². The molecule has 2 nitrogen and oxygen atoms in total. The first-order chi connectivity index (χ1) is 8.63. The summed E-state index contributed by atoms with van der Waals surface area (Å²) in [6.45, 7) is 4.40. The van der Waals surface area contributed by atoms with E-state index in [1.54, 1.807) is 0 Å². The molecule has 1 saturated heterocycles. The van der Waals surface area contributed by atoms with Crippen molar-refractivity contribution in [2.45, 2.75) is 31.8 Å². The standard InChI is InChI=1S/C14H20Cl2N2/c1-10(12-6-3-7-13(15)14(12)16)18-8-4-5-11(9-18)17-2/h3,6-7,10-11,17H,4-5,8-9H2,1-2H3. The van der Waals surface area contributed by atoms with Crippen molar-refractivity contribution in [2.24, 2.45) is 0 Å². The van der Waals surface area contributed by atoms with E-state index in [9.17, 15) is 0 Å². The van der Waals surface area contributed by atoms with Gasteiger partial charge in [-0.2, -0.15) is 0 Å². The van der Waals surface area contributed by atoms with E-state index >= 15 is 0 Å². The summed E-state index contributed by atoms with van der Waals surface area (Å²) in [5, 5.41) is 4.70. The minimum Gasteiger partial charge on any atom is -0.316 e. The lowest BCUT2D eigenvalue weighted by atomic mass is 10.0. The number of likely N-dealkylation sites (tertiary alicyclic amines) is 1. The number of hydrogen-bond acceptors (Lipinski definition) is 2. The maximum Gasteiger partial charge on any atom is 0.0640 e. The first kappa shape index (κ1) is 14.1. The Morgan fingerprint density at radius 1 is 1.39 bits per heavy atom. The van der Waals surface area contributed by atoms with Gasteiger partial charge in [0, 0.05) is 18.6 Å². The molecule has 1 aromatic rings. The highest BCUT2D eigenvalue weighted by atomic mass is 35.5. The number of halogens is 2. The Hall–Kier alpha value is -0.280. The molecule has 0 aromatic heterocycles. The van der Waals surface area contributed by atoms with Crippen molar-refractivity contribution in [3.05, 3.63) is 33.8 Å². The number of piperidine rings is 1. The first-order valence-electron chi connectivity index (χ1n) is 6.48. The SMILES string of the molecule is CNC1CCCN(C(C)c2cccc(Cl)c2Cl)C1. The molecule has 100 valence electrons. The third-order valence-corrected chi connectivity index (χ3v) is 4.67. The quantitative estimate of drug-likeness (QED) is 0.911. The van der Waals surface area contributed by atoms with Gasteiger partial charge in [-0.3, -0.25) is 4.90 Å². The van der Waals surface area contributed by atoms with Crippen LogP contribution in [0, 0.1) is 0 Å². The summed E-state index contributed by atoms with van der Waals surface area (Å²) in [6, 6.07) is 6.78. The van der Waals surface area contributed by atoms with Gasteiger partial charge in [-0.25, -0.2) is 0 Å². The summed E-state index contributed by atoms with van der Waals surface area (Å²) in [7, 11) is 2.03. The minimum atomic E-state index is 0.312. The topological polar surface area (TPSA) is 15.3 Å². The van der Waals surface area contributed by atoms with Crippen molar-refractivity contribution in [1.29, 1.82) is 0 Å². The van der Waals surface area contributed by atoms with Gasteiger partial charge in [0.2, 0.25) is 0 Å². The zero-order valence-electron chi connectivity index (χ0n) is 10.9. The number of benzene rings is 1. The summed E-state index contributed by atoms with van der Waals surface area (Å²) in [5.74, 6) is 0. The molecule has 4 heteroatoms. The van der Waals surface area contributed by atoms with Crippen LogP contribution in [0.5, 0.6) is 0 Å². The molecule has 18 heavy (non-hydrogen) atoms. The fraction of sp³-hybridized carbons (Fsp3) is 0.571. The maximum absolute atomic E-state index is 6.30. The number of nitrogens with zero attached hydrogens (tertiary/aromatic N) is 1. The molecule has 0 spiro atoms. The Kier molecular flexibility index (Phi) is 4.91. The Balaban J connectivity index is 2.15. The van der Waals surface area contributed by atoms with Gasteiger partial charge in [0.15, 0.2) is 0 Å². The Labute approximate surface area is 119 Å². The van der Waals surface area contributed by atoms with E-state index in [1.807, 2.05) is 19.2 Å². The lowest BCUT2D eigenvalue weighted by molar-refractivity contribution is 0.149. The van der Waals surface area contributed by atoms with Crippen LogP contribution in [-0.4, -0.2) is 31.1 Å². The Morgan fingerprint density at radius 3 is 2.89 bits per heavy atom. The van der Waals surface area contributed by atoms with Crippen molar-refractivity contribution in [1.82, 2.24) is 10.2 Å². The van der Waals surface area contributed by atoms with Crippen LogP contribution in [0.2, 0.25) is 10.0 Å². The van der Waals surface area contributed by atoms with Crippen LogP contribution in [-0.2, 0) is 0 Å². The second-order valence-corrected chi connectivity index (χ2v) is 5.73. The number of hydrogen-bond donors (Lipinski definition) is 1. The highest BCUT2D eigenvalue weighted by Gasteiger charge is 2.24. The van der Waals surface area contributed by atoms with E-state index in [0.717, 1.165) is 18.7 Å². The number of likely N-dealkylation sites (N-methyl/N-ethyl adjacent to an activating group) is 1. The van der Waals surface area contributed by atoms with E-state index in [0.29, 0.717) is 22.1 Å². The molecule has 2 unspecified atom stereocenters. The normalized spacial score (nSPS) is 23.0. The molecular weight excluding hydrogens is 267 g/mol. The Bertz CT molecular complexity index is 409. The van der Waals surface area contributed by atoms with E-state index in [-0.39, 0.29) is 0 Å². The highest BCUT2D eigenvalue weighted by Crippen LogP contribution is 2.33. The first-order valence-corrected chi connectivity index (χ1v) is 7.24. The van der Waals surface area contributed by atoms with Gasteiger partial charge >= 0.3 is 0 Å². The molecule has 0 bridgehead atoms.